The Labute approximate surface area is 184 Å². The van der Waals surface area contributed by atoms with Crippen LogP contribution in [0.25, 0.3) is 0 Å². The number of rotatable bonds is 6. The van der Waals surface area contributed by atoms with Crippen LogP contribution < -0.4 is 0 Å². The number of allylic oxidation sites excluding steroid dienone is 3. The molecule has 0 heterocycles. The number of hydrogen-bond acceptors (Lipinski definition) is 3. The SMILES string of the molecule is C=C1/C(=C/C=C2/CCCC3(C)C2CC[C@@H]3C(C)CCCC(C)(C)O)C[C@@H](O)CC1O. The maximum atomic E-state index is 10.1. The van der Waals surface area contributed by atoms with Crippen molar-refractivity contribution in [2.24, 2.45) is 23.2 Å². The molecule has 0 aromatic rings. The summed E-state index contributed by atoms with van der Waals surface area (Å²) in [5, 5.41) is 30.2. The molecule has 6 atom stereocenters. The van der Waals surface area contributed by atoms with Crippen LogP contribution in [0.5, 0.6) is 0 Å². The zero-order valence-electron chi connectivity index (χ0n) is 19.7. The Bertz CT molecular complexity index is 683. The van der Waals surface area contributed by atoms with Crippen LogP contribution in [0.1, 0.15) is 91.9 Å². The third-order valence-electron chi connectivity index (χ3n) is 8.44. The first kappa shape index (κ1) is 23.8. The van der Waals surface area contributed by atoms with Crippen LogP contribution in [0, 0.1) is 23.2 Å². The molecule has 0 bridgehead atoms. The van der Waals surface area contributed by atoms with Crippen LogP contribution in [0.4, 0.5) is 0 Å². The van der Waals surface area contributed by atoms with E-state index in [4.69, 9.17) is 0 Å². The van der Waals surface area contributed by atoms with Crippen molar-refractivity contribution in [3.8, 4) is 0 Å². The standard InChI is InChI=1S/C27H44O3/c1-18(8-6-14-26(3,4)30)23-12-13-24-20(9-7-15-27(23,24)5)10-11-21-16-22(28)17-25(29)19(21)2/h10-11,18,22-25,28-30H,2,6-9,12-17H2,1,3-5H3/b20-10-,21-11+/t18?,22-,23-,24?,25?,27?/m1/s1. The van der Waals surface area contributed by atoms with Crippen LogP contribution in [0.15, 0.2) is 35.5 Å². The highest BCUT2D eigenvalue weighted by Crippen LogP contribution is 2.60. The minimum atomic E-state index is -0.615. The molecule has 0 aromatic carbocycles. The minimum absolute atomic E-state index is 0.374. The predicted molar refractivity (Wildman–Crippen MR) is 124 cm³/mol. The molecule has 0 aliphatic heterocycles. The Morgan fingerprint density at radius 3 is 2.67 bits per heavy atom. The van der Waals surface area contributed by atoms with Gasteiger partial charge in [-0.15, -0.1) is 0 Å². The largest absolute Gasteiger partial charge is 0.393 e. The van der Waals surface area contributed by atoms with Crippen LogP contribution in [-0.4, -0.2) is 33.1 Å². The van der Waals surface area contributed by atoms with Gasteiger partial charge in [-0.1, -0.05) is 51.0 Å². The summed E-state index contributed by atoms with van der Waals surface area (Å²) in [5.74, 6) is 2.11. The quantitative estimate of drug-likeness (QED) is 0.520. The highest BCUT2D eigenvalue weighted by atomic mass is 16.3. The van der Waals surface area contributed by atoms with Crippen molar-refractivity contribution in [3.05, 3.63) is 35.5 Å². The van der Waals surface area contributed by atoms with Crippen molar-refractivity contribution in [3.63, 3.8) is 0 Å². The maximum Gasteiger partial charge on any atom is 0.0811 e. The van der Waals surface area contributed by atoms with E-state index in [0.29, 0.717) is 30.1 Å². The van der Waals surface area contributed by atoms with Crippen molar-refractivity contribution in [2.75, 3.05) is 0 Å². The Morgan fingerprint density at radius 1 is 1.23 bits per heavy atom. The predicted octanol–water partition coefficient (Wildman–Crippen LogP) is 5.70. The van der Waals surface area contributed by atoms with E-state index < -0.39 is 17.8 Å². The molecule has 4 unspecified atom stereocenters. The molecule has 0 spiro atoms. The van der Waals surface area contributed by atoms with Crippen molar-refractivity contribution in [1.29, 1.82) is 0 Å². The summed E-state index contributed by atoms with van der Waals surface area (Å²) in [6, 6.07) is 0. The summed E-state index contributed by atoms with van der Waals surface area (Å²) in [6.45, 7) is 12.8. The molecular weight excluding hydrogens is 372 g/mol. The molecule has 0 radical (unpaired) electrons. The zero-order valence-corrected chi connectivity index (χ0v) is 19.7. The third kappa shape index (κ3) is 5.29. The van der Waals surface area contributed by atoms with E-state index in [9.17, 15) is 15.3 Å². The fourth-order valence-electron chi connectivity index (χ4n) is 6.74. The van der Waals surface area contributed by atoms with Gasteiger partial charge in [-0.2, -0.15) is 0 Å². The van der Waals surface area contributed by atoms with Crippen molar-refractivity contribution in [1.82, 2.24) is 0 Å². The van der Waals surface area contributed by atoms with E-state index >= 15 is 0 Å². The first-order valence-corrected chi connectivity index (χ1v) is 12.2. The Kier molecular flexibility index (Phi) is 7.37. The van der Waals surface area contributed by atoms with Gasteiger partial charge in [-0.05, 0) is 93.1 Å². The average Bonchev–Trinajstić information content (AvgIpc) is 3.00. The molecule has 3 aliphatic carbocycles. The average molecular weight is 417 g/mol. The Balaban J connectivity index is 1.70. The molecule has 3 heteroatoms. The van der Waals surface area contributed by atoms with Gasteiger partial charge >= 0.3 is 0 Å². The summed E-state index contributed by atoms with van der Waals surface area (Å²) in [7, 11) is 0. The third-order valence-corrected chi connectivity index (χ3v) is 8.44. The lowest BCUT2D eigenvalue weighted by molar-refractivity contribution is 0.0596. The number of aliphatic hydroxyl groups is 3. The maximum absolute atomic E-state index is 10.1. The summed E-state index contributed by atoms with van der Waals surface area (Å²) >= 11 is 0. The molecule has 3 rings (SSSR count). The lowest BCUT2D eigenvalue weighted by Gasteiger charge is -2.44. The number of fused-ring (bicyclic) bond motifs is 1. The van der Waals surface area contributed by atoms with Gasteiger partial charge in [-0.25, -0.2) is 0 Å². The monoisotopic (exact) mass is 416 g/mol. The highest BCUT2D eigenvalue weighted by Gasteiger charge is 2.50. The molecular formula is C27H44O3. The van der Waals surface area contributed by atoms with Crippen LogP contribution in [0.2, 0.25) is 0 Å². The number of hydrogen-bond donors (Lipinski definition) is 3. The normalized spacial score (nSPS) is 38.8. The summed E-state index contributed by atoms with van der Waals surface area (Å²) < 4.78 is 0. The van der Waals surface area contributed by atoms with Crippen LogP contribution >= 0.6 is 0 Å². The van der Waals surface area contributed by atoms with Gasteiger partial charge < -0.3 is 15.3 Å². The molecule has 3 aliphatic rings. The van der Waals surface area contributed by atoms with Crippen molar-refractivity contribution in [2.45, 2.75) is 110 Å². The van der Waals surface area contributed by atoms with Gasteiger partial charge in [0.05, 0.1) is 17.8 Å². The lowest BCUT2D eigenvalue weighted by Crippen LogP contribution is -2.36. The van der Waals surface area contributed by atoms with Gasteiger partial charge in [0.25, 0.3) is 0 Å². The first-order chi connectivity index (χ1) is 14.0. The Morgan fingerprint density at radius 2 is 1.97 bits per heavy atom. The summed E-state index contributed by atoms with van der Waals surface area (Å²) in [5.41, 5.74) is 3.17. The molecule has 30 heavy (non-hydrogen) atoms. The lowest BCUT2D eigenvalue weighted by atomic mass is 9.60. The molecule has 3 saturated carbocycles. The smallest absolute Gasteiger partial charge is 0.0811 e. The van der Waals surface area contributed by atoms with Gasteiger partial charge in [-0.3, -0.25) is 0 Å². The van der Waals surface area contributed by atoms with Crippen molar-refractivity contribution >= 4 is 0 Å². The van der Waals surface area contributed by atoms with E-state index in [-0.39, 0.29) is 0 Å². The second-order valence-electron chi connectivity index (χ2n) is 11.3. The number of aliphatic hydroxyl groups excluding tert-OH is 2. The molecule has 0 amide bonds. The van der Waals surface area contributed by atoms with Gasteiger partial charge in [0, 0.05) is 6.42 Å². The molecule has 0 aromatic heterocycles. The fraction of sp³-hybridized carbons (Fsp3) is 0.778. The van der Waals surface area contributed by atoms with Gasteiger partial charge in [0.2, 0.25) is 0 Å². The molecule has 170 valence electrons. The van der Waals surface area contributed by atoms with Crippen molar-refractivity contribution < 1.29 is 15.3 Å². The second-order valence-corrected chi connectivity index (χ2v) is 11.3. The second kappa shape index (κ2) is 9.30. The van der Waals surface area contributed by atoms with Crippen LogP contribution in [0.3, 0.4) is 0 Å². The summed E-state index contributed by atoms with van der Waals surface area (Å²) in [4.78, 5) is 0. The molecule has 3 N–H and O–H groups in total. The molecule has 3 fully saturated rings. The van der Waals surface area contributed by atoms with E-state index in [1.54, 1.807) is 5.57 Å². The van der Waals surface area contributed by atoms with Gasteiger partial charge in [0.1, 0.15) is 0 Å². The first-order valence-electron chi connectivity index (χ1n) is 12.2. The van der Waals surface area contributed by atoms with Crippen LogP contribution in [-0.2, 0) is 0 Å². The molecule has 0 saturated heterocycles. The van der Waals surface area contributed by atoms with E-state index in [2.05, 4.69) is 32.6 Å². The van der Waals surface area contributed by atoms with E-state index in [0.717, 1.165) is 29.9 Å². The van der Waals surface area contributed by atoms with E-state index in [1.165, 1.54) is 38.5 Å². The minimum Gasteiger partial charge on any atom is -0.393 e. The fourth-order valence-corrected chi connectivity index (χ4v) is 6.74. The Hall–Kier alpha value is -0.900. The highest BCUT2D eigenvalue weighted by molar-refractivity contribution is 5.38. The molecule has 3 nitrogen and oxygen atoms in total. The topological polar surface area (TPSA) is 60.7 Å². The summed E-state index contributed by atoms with van der Waals surface area (Å²) in [6.07, 6.45) is 13.9. The van der Waals surface area contributed by atoms with Gasteiger partial charge in [0.15, 0.2) is 0 Å². The zero-order chi connectivity index (χ0) is 22.1. The van der Waals surface area contributed by atoms with E-state index in [1.807, 2.05) is 13.8 Å².